The van der Waals surface area contributed by atoms with Crippen molar-refractivity contribution in [2.75, 3.05) is 6.54 Å². The Morgan fingerprint density at radius 1 is 1.15 bits per heavy atom. The summed E-state index contributed by atoms with van der Waals surface area (Å²) in [6, 6.07) is 14.1. The van der Waals surface area contributed by atoms with Crippen molar-refractivity contribution in [2.24, 2.45) is 0 Å². The largest absolute Gasteiger partial charge is 0.334 e. The first-order valence-electron chi connectivity index (χ1n) is 6.81. The molecule has 1 aliphatic rings. The van der Waals surface area contributed by atoms with Crippen molar-refractivity contribution in [1.29, 1.82) is 0 Å². The molecule has 3 heteroatoms. The van der Waals surface area contributed by atoms with Crippen LogP contribution in [-0.2, 0) is 13.0 Å². The van der Waals surface area contributed by atoms with Crippen molar-refractivity contribution in [2.45, 2.75) is 24.8 Å². The third-order valence-corrected chi connectivity index (χ3v) is 4.15. The summed E-state index contributed by atoms with van der Waals surface area (Å²) < 4.78 is 0. The lowest BCUT2D eigenvalue weighted by Gasteiger charge is -2.29. The number of thiol groups is 1. The number of benzene rings is 2. The zero-order valence-corrected chi connectivity index (χ0v) is 12.4. The first-order chi connectivity index (χ1) is 9.65. The van der Waals surface area contributed by atoms with Gasteiger partial charge in [-0.2, -0.15) is 0 Å². The highest BCUT2D eigenvalue weighted by molar-refractivity contribution is 7.80. The van der Waals surface area contributed by atoms with Crippen molar-refractivity contribution in [3.63, 3.8) is 0 Å². The van der Waals surface area contributed by atoms with Gasteiger partial charge in [0.1, 0.15) is 0 Å². The molecule has 1 aliphatic heterocycles. The van der Waals surface area contributed by atoms with Gasteiger partial charge in [-0.05, 0) is 42.2 Å². The van der Waals surface area contributed by atoms with Crippen molar-refractivity contribution in [3.05, 3.63) is 64.7 Å². The Morgan fingerprint density at radius 2 is 1.90 bits per heavy atom. The highest BCUT2D eigenvalue weighted by atomic mass is 32.1. The predicted octanol–water partition coefficient (Wildman–Crippen LogP) is 3.48. The number of nitrogens with zero attached hydrogens (tertiary/aromatic N) is 1. The van der Waals surface area contributed by atoms with Crippen molar-refractivity contribution in [1.82, 2.24) is 4.90 Å². The van der Waals surface area contributed by atoms with Gasteiger partial charge < -0.3 is 4.90 Å². The number of amides is 1. The van der Waals surface area contributed by atoms with Crippen LogP contribution in [-0.4, -0.2) is 17.4 Å². The Bertz CT molecular complexity index is 666. The van der Waals surface area contributed by atoms with Gasteiger partial charge in [0.15, 0.2) is 0 Å². The Kier molecular flexibility index (Phi) is 3.53. The fourth-order valence-corrected chi connectivity index (χ4v) is 2.88. The molecule has 2 aromatic carbocycles. The number of hydrogen-bond donors (Lipinski definition) is 1. The summed E-state index contributed by atoms with van der Waals surface area (Å²) in [7, 11) is 0. The molecule has 0 saturated carbocycles. The van der Waals surface area contributed by atoms with E-state index in [1.165, 1.54) is 11.1 Å². The van der Waals surface area contributed by atoms with Crippen LogP contribution in [0.3, 0.4) is 0 Å². The molecule has 1 heterocycles. The van der Waals surface area contributed by atoms with E-state index in [2.05, 4.69) is 30.8 Å². The molecule has 0 aliphatic carbocycles. The molecule has 2 aromatic rings. The van der Waals surface area contributed by atoms with Crippen LogP contribution >= 0.6 is 12.6 Å². The van der Waals surface area contributed by atoms with Crippen LogP contribution in [0.15, 0.2) is 47.4 Å². The zero-order chi connectivity index (χ0) is 14.1. The second kappa shape index (κ2) is 5.33. The smallest absolute Gasteiger partial charge is 0.254 e. The van der Waals surface area contributed by atoms with Gasteiger partial charge in [0, 0.05) is 23.5 Å². The summed E-state index contributed by atoms with van der Waals surface area (Å²) in [5.41, 5.74) is 4.38. The normalized spacial score (nSPS) is 14.0. The minimum Gasteiger partial charge on any atom is -0.334 e. The van der Waals surface area contributed by atoms with E-state index in [-0.39, 0.29) is 5.91 Å². The van der Waals surface area contributed by atoms with E-state index in [0.717, 1.165) is 29.0 Å². The molecule has 0 radical (unpaired) electrons. The Hall–Kier alpha value is -1.74. The van der Waals surface area contributed by atoms with Crippen LogP contribution in [0.25, 0.3) is 0 Å². The van der Waals surface area contributed by atoms with Gasteiger partial charge in [0.05, 0.1) is 0 Å². The summed E-state index contributed by atoms with van der Waals surface area (Å²) in [6.45, 7) is 3.45. The van der Waals surface area contributed by atoms with Crippen LogP contribution in [0.2, 0.25) is 0 Å². The fraction of sp³-hybridized carbons (Fsp3) is 0.235. The number of hydrogen-bond acceptors (Lipinski definition) is 2. The molecule has 0 atom stereocenters. The number of aryl methyl sites for hydroxylation is 1. The Balaban J connectivity index is 1.88. The lowest BCUT2D eigenvalue weighted by atomic mass is 9.98. The average Bonchev–Trinajstić information content (AvgIpc) is 2.48. The van der Waals surface area contributed by atoms with E-state index in [1.807, 2.05) is 36.1 Å². The molecule has 0 unspecified atom stereocenters. The first kappa shape index (κ1) is 13.3. The zero-order valence-electron chi connectivity index (χ0n) is 11.5. The number of fused-ring (bicyclic) bond motifs is 1. The van der Waals surface area contributed by atoms with Crippen LogP contribution in [0.4, 0.5) is 0 Å². The third kappa shape index (κ3) is 2.46. The lowest BCUT2D eigenvalue weighted by molar-refractivity contribution is 0.0733. The minimum absolute atomic E-state index is 0.105. The highest BCUT2D eigenvalue weighted by Gasteiger charge is 2.22. The van der Waals surface area contributed by atoms with Gasteiger partial charge in [0.25, 0.3) is 5.91 Å². The van der Waals surface area contributed by atoms with E-state index >= 15 is 0 Å². The molecule has 3 rings (SSSR count). The standard InChI is InChI=1S/C17H17NOS/c1-12-6-7-15(20)10-16(12)17(19)18-9-8-13-4-2-3-5-14(13)11-18/h2-7,10,20H,8-9,11H2,1H3. The Morgan fingerprint density at radius 3 is 2.70 bits per heavy atom. The van der Waals surface area contributed by atoms with Gasteiger partial charge >= 0.3 is 0 Å². The topological polar surface area (TPSA) is 20.3 Å². The van der Waals surface area contributed by atoms with Gasteiger partial charge in [-0.15, -0.1) is 12.6 Å². The molecular formula is C17H17NOS. The van der Waals surface area contributed by atoms with E-state index in [4.69, 9.17) is 0 Å². The highest BCUT2D eigenvalue weighted by Crippen LogP contribution is 2.22. The quantitative estimate of drug-likeness (QED) is 0.794. The van der Waals surface area contributed by atoms with Gasteiger partial charge in [0.2, 0.25) is 0 Å². The van der Waals surface area contributed by atoms with E-state index < -0.39 is 0 Å². The average molecular weight is 283 g/mol. The maximum atomic E-state index is 12.7. The van der Waals surface area contributed by atoms with Gasteiger partial charge in [-0.25, -0.2) is 0 Å². The van der Waals surface area contributed by atoms with Gasteiger partial charge in [-0.1, -0.05) is 30.3 Å². The van der Waals surface area contributed by atoms with Crippen LogP contribution < -0.4 is 0 Å². The summed E-state index contributed by atoms with van der Waals surface area (Å²) in [4.78, 5) is 15.4. The summed E-state index contributed by atoms with van der Waals surface area (Å²) in [5.74, 6) is 0.105. The number of rotatable bonds is 1. The SMILES string of the molecule is Cc1ccc(S)cc1C(=O)N1CCc2ccccc2C1. The van der Waals surface area contributed by atoms with E-state index in [0.29, 0.717) is 6.54 Å². The fourth-order valence-electron chi connectivity index (χ4n) is 2.68. The van der Waals surface area contributed by atoms with Crippen LogP contribution in [0.5, 0.6) is 0 Å². The molecule has 0 aromatic heterocycles. The predicted molar refractivity (Wildman–Crippen MR) is 83.3 cm³/mol. The Labute approximate surface area is 124 Å². The summed E-state index contributed by atoms with van der Waals surface area (Å²) >= 11 is 4.33. The van der Waals surface area contributed by atoms with Gasteiger partial charge in [-0.3, -0.25) is 4.79 Å². The molecule has 0 spiro atoms. The second-order valence-corrected chi connectivity index (χ2v) is 5.76. The van der Waals surface area contributed by atoms with Crippen LogP contribution in [0.1, 0.15) is 27.0 Å². The van der Waals surface area contributed by atoms with E-state index in [1.54, 1.807) is 0 Å². The molecule has 102 valence electrons. The maximum absolute atomic E-state index is 12.7. The monoisotopic (exact) mass is 283 g/mol. The molecule has 20 heavy (non-hydrogen) atoms. The maximum Gasteiger partial charge on any atom is 0.254 e. The molecule has 0 saturated heterocycles. The lowest BCUT2D eigenvalue weighted by Crippen LogP contribution is -2.36. The molecule has 0 fully saturated rings. The molecule has 2 nitrogen and oxygen atoms in total. The number of carbonyl (C=O) groups is 1. The first-order valence-corrected chi connectivity index (χ1v) is 7.25. The minimum atomic E-state index is 0.105. The van der Waals surface area contributed by atoms with Crippen molar-refractivity contribution >= 4 is 18.5 Å². The second-order valence-electron chi connectivity index (χ2n) is 5.24. The molecule has 0 N–H and O–H groups in total. The molecule has 1 amide bonds. The number of carbonyl (C=O) groups excluding carboxylic acids is 1. The van der Waals surface area contributed by atoms with Crippen molar-refractivity contribution < 1.29 is 4.79 Å². The summed E-state index contributed by atoms with van der Waals surface area (Å²) in [6.07, 6.45) is 0.932. The molecular weight excluding hydrogens is 266 g/mol. The van der Waals surface area contributed by atoms with Crippen molar-refractivity contribution in [3.8, 4) is 0 Å². The molecule has 0 bridgehead atoms. The third-order valence-electron chi connectivity index (χ3n) is 3.87. The summed E-state index contributed by atoms with van der Waals surface area (Å²) in [5, 5.41) is 0. The van der Waals surface area contributed by atoms with E-state index in [9.17, 15) is 4.79 Å². The van der Waals surface area contributed by atoms with Crippen LogP contribution in [0, 0.1) is 6.92 Å².